The zero-order valence-electron chi connectivity index (χ0n) is 23.9. The highest BCUT2D eigenvalue weighted by molar-refractivity contribution is 6.03. The SMILES string of the molecule is CC(C)(C)c1cc(-c2cc(-c3ccccn3)c3ccccc3c2)c2nc(-c3ccccc3O)n(-c3ccccc3)c2c1. The first-order valence-electron chi connectivity index (χ1n) is 14.2. The number of phenolic OH excluding ortho intramolecular Hbond substituents is 1. The third-order valence-electron chi connectivity index (χ3n) is 7.90. The number of aromatic nitrogens is 3. The van der Waals surface area contributed by atoms with Crippen LogP contribution in [0.4, 0.5) is 0 Å². The molecule has 0 fully saturated rings. The Morgan fingerprint density at radius 2 is 1.40 bits per heavy atom. The summed E-state index contributed by atoms with van der Waals surface area (Å²) in [6.45, 7) is 6.72. The molecule has 0 atom stereocenters. The Hall–Kier alpha value is -5.22. The second-order valence-corrected chi connectivity index (χ2v) is 11.7. The summed E-state index contributed by atoms with van der Waals surface area (Å²) in [6.07, 6.45) is 1.84. The number of rotatable bonds is 4. The van der Waals surface area contributed by atoms with Gasteiger partial charge in [-0.25, -0.2) is 4.98 Å². The molecule has 7 aromatic rings. The van der Waals surface area contributed by atoms with Gasteiger partial charge in [0.15, 0.2) is 0 Å². The largest absolute Gasteiger partial charge is 0.507 e. The molecule has 1 N–H and O–H groups in total. The van der Waals surface area contributed by atoms with E-state index >= 15 is 0 Å². The van der Waals surface area contributed by atoms with Crippen molar-refractivity contribution in [3.63, 3.8) is 0 Å². The van der Waals surface area contributed by atoms with Crippen LogP contribution in [0.15, 0.2) is 128 Å². The number of imidazole rings is 1. The van der Waals surface area contributed by atoms with E-state index in [1.807, 2.05) is 54.7 Å². The topological polar surface area (TPSA) is 50.9 Å². The van der Waals surface area contributed by atoms with Gasteiger partial charge in [0.05, 0.1) is 22.3 Å². The number of aromatic hydroxyl groups is 1. The number of hydrogen-bond donors (Lipinski definition) is 1. The van der Waals surface area contributed by atoms with Crippen LogP contribution in [0.25, 0.3) is 61.3 Å². The summed E-state index contributed by atoms with van der Waals surface area (Å²) in [5.74, 6) is 0.901. The second-order valence-electron chi connectivity index (χ2n) is 11.7. The van der Waals surface area contributed by atoms with Crippen LogP contribution in [0, 0.1) is 0 Å². The van der Waals surface area contributed by atoms with E-state index in [0.717, 1.165) is 49.9 Å². The van der Waals surface area contributed by atoms with Crippen molar-refractivity contribution in [2.75, 3.05) is 0 Å². The summed E-state index contributed by atoms with van der Waals surface area (Å²) in [6, 6.07) is 41.2. The molecule has 0 aliphatic heterocycles. The van der Waals surface area contributed by atoms with Crippen molar-refractivity contribution < 1.29 is 5.11 Å². The highest BCUT2D eigenvalue weighted by Gasteiger charge is 2.24. The third-order valence-corrected chi connectivity index (χ3v) is 7.90. The number of pyridine rings is 1. The Morgan fingerprint density at radius 3 is 2.17 bits per heavy atom. The maximum absolute atomic E-state index is 11.0. The fraction of sp³-hybridized carbons (Fsp3) is 0.105. The van der Waals surface area contributed by atoms with Gasteiger partial charge in [-0.1, -0.05) is 81.4 Å². The molecule has 0 aliphatic carbocycles. The Morgan fingerprint density at radius 1 is 0.667 bits per heavy atom. The molecule has 0 aliphatic rings. The molecule has 0 spiro atoms. The van der Waals surface area contributed by atoms with Gasteiger partial charge < -0.3 is 5.11 Å². The summed E-state index contributed by atoms with van der Waals surface area (Å²) >= 11 is 0. The first-order chi connectivity index (χ1) is 20.4. The van der Waals surface area contributed by atoms with Crippen LogP contribution in [-0.4, -0.2) is 19.6 Å². The molecule has 0 saturated carbocycles. The minimum Gasteiger partial charge on any atom is -0.507 e. The quantitative estimate of drug-likeness (QED) is 0.240. The van der Waals surface area contributed by atoms with Crippen LogP contribution < -0.4 is 0 Å². The molecule has 0 radical (unpaired) electrons. The predicted molar refractivity (Wildman–Crippen MR) is 173 cm³/mol. The van der Waals surface area contributed by atoms with Crippen molar-refractivity contribution in [3.8, 4) is 45.2 Å². The fourth-order valence-corrected chi connectivity index (χ4v) is 5.71. The number of fused-ring (bicyclic) bond motifs is 2. The Bertz CT molecular complexity index is 2070. The number of nitrogens with zero attached hydrogens (tertiary/aromatic N) is 3. The molecular formula is C38H31N3O. The molecular weight excluding hydrogens is 514 g/mol. The lowest BCUT2D eigenvalue weighted by Crippen LogP contribution is -2.11. The zero-order chi connectivity index (χ0) is 28.8. The molecule has 0 bridgehead atoms. The summed E-state index contributed by atoms with van der Waals surface area (Å²) in [5.41, 5.74) is 8.80. The normalized spacial score (nSPS) is 11.8. The van der Waals surface area contributed by atoms with E-state index in [1.165, 1.54) is 5.56 Å². The standard InChI is InChI=1S/C38H31N3O/c1-38(2,3)27-23-31(26-21-25-13-7-8-16-29(25)32(22-26)33-18-11-12-20-39-33)36-34(24-27)41(28-14-5-4-6-15-28)37(40-36)30-17-9-10-19-35(30)42/h4-24,42H,1-3H3. The Balaban J connectivity index is 1.61. The average Bonchev–Trinajstić information content (AvgIpc) is 3.40. The molecule has 42 heavy (non-hydrogen) atoms. The van der Waals surface area contributed by atoms with E-state index < -0.39 is 0 Å². The molecule has 4 heteroatoms. The van der Waals surface area contributed by atoms with E-state index in [9.17, 15) is 5.11 Å². The molecule has 5 aromatic carbocycles. The number of para-hydroxylation sites is 2. The van der Waals surface area contributed by atoms with E-state index in [4.69, 9.17) is 9.97 Å². The minimum absolute atomic E-state index is 0.107. The van der Waals surface area contributed by atoms with Crippen molar-refractivity contribution >= 4 is 21.8 Å². The minimum atomic E-state index is -0.107. The van der Waals surface area contributed by atoms with Gasteiger partial charge >= 0.3 is 0 Å². The summed E-state index contributed by atoms with van der Waals surface area (Å²) in [4.78, 5) is 10.0. The smallest absolute Gasteiger partial charge is 0.149 e. The lowest BCUT2D eigenvalue weighted by Gasteiger charge is -2.21. The molecule has 2 heterocycles. The van der Waals surface area contributed by atoms with Crippen LogP contribution in [0.1, 0.15) is 26.3 Å². The van der Waals surface area contributed by atoms with Gasteiger partial charge in [-0.15, -0.1) is 0 Å². The second kappa shape index (κ2) is 10.0. The molecule has 204 valence electrons. The zero-order valence-corrected chi connectivity index (χ0v) is 23.9. The summed E-state index contributed by atoms with van der Waals surface area (Å²) < 4.78 is 2.17. The molecule has 0 amide bonds. The van der Waals surface area contributed by atoms with Gasteiger partial charge in [0.1, 0.15) is 11.6 Å². The Labute approximate surface area is 245 Å². The van der Waals surface area contributed by atoms with Gasteiger partial charge in [-0.2, -0.15) is 0 Å². The fourth-order valence-electron chi connectivity index (χ4n) is 5.71. The van der Waals surface area contributed by atoms with E-state index in [0.29, 0.717) is 11.4 Å². The number of phenols is 1. The molecule has 0 unspecified atom stereocenters. The van der Waals surface area contributed by atoms with Crippen LogP contribution in [0.5, 0.6) is 5.75 Å². The number of benzene rings is 5. The van der Waals surface area contributed by atoms with Crippen LogP contribution >= 0.6 is 0 Å². The first-order valence-corrected chi connectivity index (χ1v) is 14.2. The van der Waals surface area contributed by atoms with Crippen LogP contribution in [-0.2, 0) is 5.41 Å². The van der Waals surface area contributed by atoms with Crippen molar-refractivity contribution in [3.05, 3.63) is 133 Å². The van der Waals surface area contributed by atoms with Gasteiger partial charge in [0.2, 0.25) is 0 Å². The van der Waals surface area contributed by atoms with Crippen molar-refractivity contribution in [1.82, 2.24) is 14.5 Å². The van der Waals surface area contributed by atoms with Crippen molar-refractivity contribution in [2.24, 2.45) is 0 Å². The van der Waals surface area contributed by atoms with Crippen LogP contribution in [0.3, 0.4) is 0 Å². The maximum Gasteiger partial charge on any atom is 0.149 e. The molecule has 4 nitrogen and oxygen atoms in total. The van der Waals surface area contributed by atoms with E-state index in [-0.39, 0.29) is 11.2 Å². The van der Waals surface area contributed by atoms with Crippen molar-refractivity contribution in [2.45, 2.75) is 26.2 Å². The Kier molecular flexibility index (Phi) is 6.13. The summed E-state index contributed by atoms with van der Waals surface area (Å²) in [5, 5.41) is 13.3. The highest BCUT2D eigenvalue weighted by Crippen LogP contribution is 2.42. The molecule has 0 saturated heterocycles. The lowest BCUT2D eigenvalue weighted by molar-refractivity contribution is 0.477. The summed E-state index contributed by atoms with van der Waals surface area (Å²) in [7, 11) is 0. The van der Waals surface area contributed by atoms with Gasteiger partial charge in [0.25, 0.3) is 0 Å². The van der Waals surface area contributed by atoms with E-state index in [1.54, 1.807) is 6.07 Å². The monoisotopic (exact) mass is 545 g/mol. The van der Waals surface area contributed by atoms with Crippen molar-refractivity contribution in [1.29, 1.82) is 0 Å². The molecule has 2 aromatic heterocycles. The number of hydrogen-bond acceptors (Lipinski definition) is 3. The average molecular weight is 546 g/mol. The highest BCUT2D eigenvalue weighted by atomic mass is 16.3. The van der Waals surface area contributed by atoms with Crippen LogP contribution in [0.2, 0.25) is 0 Å². The van der Waals surface area contributed by atoms with Gasteiger partial charge in [0, 0.05) is 23.0 Å². The maximum atomic E-state index is 11.0. The van der Waals surface area contributed by atoms with Gasteiger partial charge in [-0.05, 0) is 88.0 Å². The predicted octanol–water partition coefficient (Wildman–Crippen LogP) is 9.58. The van der Waals surface area contributed by atoms with E-state index in [2.05, 4.69) is 92.1 Å². The van der Waals surface area contributed by atoms with Gasteiger partial charge in [-0.3, -0.25) is 9.55 Å². The first kappa shape index (κ1) is 25.7. The lowest BCUT2D eigenvalue weighted by atomic mass is 9.84. The third kappa shape index (κ3) is 4.42. The molecule has 7 rings (SSSR count).